The second-order valence-corrected chi connectivity index (χ2v) is 15.8. The summed E-state index contributed by atoms with van der Waals surface area (Å²) in [6, 6.07) is 19.7. The first kappa shape index (κ1) is 34.6. The molecule has 2 aliphatic rings. The van der Waals surface area contributed by atoms with Crippen molar-refractivity contribution in [1.29, 1.82) is 0 Å². The lowest BCUT2D eigenvalue weighted by Gasteiger charge is -2.25. The summed E-state index contributed by atoms with van der Waals surface area (Å²) in [4.78, 5) is 2.42. The van der Waals surface area contributed by atoms with Gasteiger partial charge >= 0.3 is 0 Å². The molecule has 0 N–H and O–H groups in total. The fourth-order valence-corrected chi connectivity index (χ4v) is 7.88. The molecule has 0 unspecified atom stereocenters. The first-order valence-electron chi connectivity index (χ1n) is 16.9. The molecule has 5 nitrogen and oxygen atoms in total. The fourth-order valence-electron chi connectivity index (χ4n) is 7.32. The Bertz CT molecular complexity index is 1920. The van der Waals surface area contributed by atoms with E-state index in [1.54, 1.807) is 0 Å². The van der Waals surface area contributed by atoms with Crippen LogP contribution in [-0.4, -0.2) is 42.1 Å². The van der Waals surface area contributed by atoms with Crippen LogP contribution in [0.5, 0.6) is 0 Å². The zero-order valence-corrected chi connectivity index (χ0v) is 30.0. The van der Waals surface area contributed by atoms with Crippen molar-refractivity contribution in [1.82, 2.24) is 0 Å². The Labute approximate surface area is 282 Å². The Balaban J connectivity index is 1.44. The van der Waals surface area contributed by atoms with Crippen LogP contribution in [0.25, 0.3) is 10.8 Å². The van der Waals surface area contributed by atoms with Crippen LogP contribution in [0.4, 0.5) is 11.4 Å². The lowest BCUT2D eigenvalue weighted by molar-refractivity contribution is -0.438. The maximum Gasteiger partial charge on any atom is 0.210 e. The average molecular weight is 651 g/mol. The highest BCUT2D eigenvalue weighted by molar-refractivity contribution is 7.85. The molecule has 0 atom stereocenters. The number of hydrogen-bond acceptors (Lipinski definition) is 4. The largest absolute Gasteiger partial charge is 0.748 e. The predicted molar refractivity (Wildman–Crippen MR) is 197 cm³/mol. The Morgan fingerprint density at radius 1 is 0.979 bits per heavy atom. The minimum atomic E-state index is -4.23. The lowest BCUT2D eigenvalue weighted by atomic mass is 9.79. The van der Waals surface area contributed by atoms with E-state index in [9.17, 15) is 13.0 Å². The topological polar surface area (TPSA) is 63.4 Å². The van der Waals surface area contributed by atoms with Gasteiger partial charge in [-0.2, -0.15) is 4.58 Å². The summed E-state index contributed by atoms with van der Waals surface area (Å²) in [6.45, 7) is 21.6. The van der Waals surface area contributed by atoms with Gasteiger partial charge in [0.15, 0.2) is 5.71 Å². The number of anilines is 1. The molecule has 2 aliphatic heterocycles. The number of nitrogens with zero attached hydrogens (tertiary/aromatic N) is 2. The molecule has 0 aliphatic carbocycles. The van der Waals surface area contributed by atoms with Crippen molar-refractivity contribution in [2.45, 2.75) is 78.6 Å². The Kier molecular flexibility index (Phi) is 9.87. The predicted octanol–water partition coefficient (Wildman–Crippen LogP) is 9.11. The van der Waals surface area contributed by atoms with E-state index in [0.29, 0.717) is 25.3 Å². The minimum absolute atomic E-state index is 0.131. The van der Waals surface area contributed by atoms with Crippen molar-refractivity contribution in [2.75, 3.05) is 23.7 Å². The van der Waals surface area contributed by atoms with Gasteiger partial charge in [-0.05, 0) is 79.6 Å². The van der Waals surface area contributed by atoms with Gasteiger partial charge in [0.25, 0.3) is 0 Å². The quantitative estimate of drug-likeness (QED) is 0.0645. The van der Waals surface area contributed by atoms with Gasteiger partial charge in [0.2, 0.25) is 5.69 Å². The summed E-state index contributed by atoms with van der Waals surface area (Å²) in [6.07, 6.45) is 12.6. The second-order valence-electron chi connectivity index (χ2n) is 14.3. The molecule has 3 aromatic carbocycles. The Morgan fingerprint density at radius 2 is 1.72 bits per heavy atom. The number of unbranched alkanes of at least 4 members (excludes halogenated alkanes) is 1. The smallest absolute Gasteiger partial charge is 0.210 e. The van der Waals surface area contributed by atoms with Crippen LogP contribution >= 0.6 is 0 Å². The molecule has 5 rings (SSSR count). The zero-order chi connectivity index (χ0) is 34.1. The van der Waals surface area contributed by atoms with E-state index in [1.807, 2.05) is 0 Å². The van der Waals surface area contributed by atoms with Crippen molar-refractivity contribution in [3.05, 3.63) is 120 Å². The van der Waals surface area contributed by atoms with Crippen LogP contribution < -0.4 is 4.90 Å². The van der Waals surface area contributed by atoms with E-state index in [-0.39, 0.29) is 16.6 Å². The van der Waals surface area contributed by atoms with Crippen molar-refractivity contribution in [3.8, 4) is 0 Å². The number of hydrogen-bond donors (Lipinski definition) is 0. The summed E-state index contributed by atoms with van der Waals surface area (Å²) in [7, 11) is -4.23. The second kappa shape index (κ2) is 13.4. The highest BCUT2D eigenvalue weighted by Gasteiger charge is 2.45. The SMILES string of the molecule is C=C(Cc1ccc2c(c1)C(C)(C)\C(=C/C=C/C=C/C1=[N+](CCCCS(=O)(=O)[O-])c3ccc4ccccc4c3C1(C)C)N2CC)C(C)C. The van der Waals surface area contributed by atoms with Gasteiger partial charge in [0.1, 0.15) is 6.54 Å². The molecular weight excluding hydrogens is 601 g/mol. The van der Waals surface area contributed by atoms with Crippen molar-refractivity contribution in [3.63, 3.8) is 0 Å². The van der Waals surface area contributed by atoms with E-state index < -0.39 is 10.1 Å². The highest BCUT2D eigenvalue weighted by atomic mass is 32.2. The van der Waals surface area contributed by atoms with Crippen molar-refractivity contribution >= 4 is 38.0 Å². The molecule has 3 aromatic rings. The van der Waals surface area contributed by atoms with Gasteiger partial charge in [0.05, 0.1) is 15.5 Å². The van der Waals surface area contributed by atoms with Crippen LogP contribution in [0.3, 0.4) is 0 Å². The van der Waals surface area contributed by atoms with Gasteiger partial charge < -0.3 is 9.45 Å². The third-order valence-electron chi connectivity index (χ3n) is 10.0. The van der Waals surface area contributed by atoms with Gasteiger partial charge in [-0.3, -0.25) is 0 Å². The molecule has 0 fully saturated rings. The van der Waals surface area contributed by atoms with E-state index in [2.05, 4.69) is 149 Å². The molecule has 0 spiro atoms. The summed E-state index contributed by atoms with van der Waals surface area (Å²) in [5, 5.41) is 2.43. The minimum Gasteiger partial charge on any atom is -0.748 e. The number of fused-ring (bicyclic) bond motifs is 4. The average Bonchev–Trinajstić information content (AvgIpc) is 3.36. The summed E-state index contributed by atoms with van der Waals surface area (Å²) < 4.78 is 36.1. The third kappa shape index (κ3) is 6.95. The highest BCUT2D eigenvalue weighted by Crippen LogP contribution is 2.48. The third-order valence-corrected chi connectivity index (χ3v) is 10.8. The first-order valence-corrected chi connectivity index (χ1v) is 18.5. The van der Waals surface area contributed by atoms with Crippen LogP contribution in [0.2, 0.25) is 0 Å². The van der Waals surface area contributed by atoms with E-state index in [0.717, 1.165) is 24.4 Å². The molecule has 0 saturated carbocycles. The van der Waals surface area contributed by atoms with E-state index in [4.69, 9.17) is 0 Å². The standard InChI is InChI=1S/C41H50N2O3S/c1-9-42-35-23-21-31(27-30(4)29(2)3)28-34(35)40(5,6)37(42)19-11-10-12-20-38-41(7,8)39-33-18-14-13-17-32(33)22-24-36(39)43(38)25-15-16-26-47(44,45)46/h10-14,17-24,28-29H,4,9,15-16,25-27H2,1-3,5-8H3. The normalized spacial score (nSPS) is 18.0. The monoisotopic (exact) mass is 650 g/mol. The molecule has 248 valence electrons. The van der Waals surface area contributed by atoms with Crippen LogP contribution in [0, 0.1) is 5.92 Å². The molecule has 0 amide bonds. The molecule has 47 heavy (non-hydrogen) atoms. The van der Waals surface area contributed by atoms with Crippen molar-refractivity contribution in [2.24, 2.45) is 5.92 Å². The Hall–Kier alpha value is -3.74. The van der Waals surface area contributed by atoms with Crippen LogP contribution in [0.15, 0.2) is 103 Å². The van der Waals surface area contributed by atoms with Gasteiger partial charge in [0, 0.05) is 53.2 Å². The zero-order valence-electron chi connectivity index (χ0n) is 29.1. The molecule has 2 heterocycles. The molecule has 0 saturated heterocycles. The molecule has 6 heteroatoms. The molecule has 0 bridgehead atoms. The summed E-state index contributed by atoms with van der Waals surface area (Å²) >= 11 is 0. The van der Waals surface area contributed by atoms with Gasteiger partial charge in [-0.25, -0.2) is 8.42 Å². The molecule has 0 aromatic heterocycles. The van der Waals surface area contributed by atoms with Gasteiger partial charge in [-0.1, -0.05) is 94.5 Å². The molecule has 0 radical (unpaired) electrons. The summed E-state index contributed by atoms with van der Waals surface area (Å²) in [5.41, 5.74) is 9.67. The van der Waals surface area contributed by atoms with E-state index >= 15 is 0 Å². The van der Waals surface area contributed by atoms with Crippen molar-refractivity contribution < 1.29 is 17.5 Å². The summed E-state index contributed by atoms with van der Waals surface area (Å²) in [5.74, 6) is 0.134. The number of benzene rings is 3. The number of rotatable bonds is 12. The Morgan fingerprint density at radius 3 is 2.43 bits per heavy atom. The molecular formula is C41H50N2O3S. The fraction of sp³-hybridized carbons (Fsp3) is 0.390. The van der Waals surface area contributed by atoms with Crippen LogP contribution in [-0.2, 0) is 27.4 Å². The van der Waals surface area contributed by atoms with E-state index in [1.165, 1.54) is 44.4 Å². The van der Waals surface area contributed by atoms with Crippen LogP contribution in [0.1, 0.15) is 78.0 Å². The first-order chi connectivity index (χ1) is 22.2. The van der Waals surface area contributed by atoms with Gasteiger partial charge in [-0.15, -0.1) is 0 Å². The maximum absolute atomic E-state index is 11.3. The lowest BCUT2D eigenvalue weighted by Crippen LogP contribution is -2.28. The maximum atomic E-state index is 11.3. The number of allylic oxidation sites excluding steroid dienone is 7. The number of likely N-dealkylation sites (N-methyl/N-ethyl adjacent to an activating group) is 1.